The van der Waals surface area contributed by atoms with Crippen LogP contribution < -0.4 is 0 Å². The fourth-order valence-electron chi connectivity index (χ4n) is 2.30. The summed E-state index contributed by atoms with van der Waals surface area (Å²) in [6.07, 6.45) is 5.48. The Kier molecular flexibility index (Phi) is 2.59. The average molecular weight is 224 g/mol. The molecule has 0 saturated carbocycles. The Morgan fingerprint density at radius 3 is 2.50 bits per heavy atom. The summed E-state index contributed by atoms with van der Waals surface area (Å²) in [7, 11) is 1.70. The second-order valence-electron chi connectivity index (χ2n) is 5.18. The van der Waals surface area contributed by atoms with Gasteiger partial charge in [-0.1, -0.05) is 20.8 Å². The molecule has 2 heterocycles. The Labute approximate surface area is 96.6 Å². The second kappa shape index (κ2) is 3.57. The van der Waals surface area contributed by atoms with Crippen LogP contribution in [0.4, 0.5) is 0 Å². The molecular formula is C12H20N2O2. The van der Waals surface area contributed by atoms with Gasteiger partial charge in [0.15, 0.2) is 5.79 Å². The number of nitrogens with zero attached hydrogens (tertiary/aromatic N) is 2. The summed E-state index contributed by atoms with van der Waals surface area (Å²) >= 11 is 0. The standard InChI is InChI=1S/C12H20N2O2/c1-9-10(14-7-6-13-8-14)16-12(4,15-5)11(9,2)3/h6-10H,1-5H3. The fourth-order valence-corrected chi connectivity index (χ4v) is 2.30. The van der Waals surface area contributed by atoms with E-state index in [1.165, 1.54) is 0 Å². The highest BCUT2D eigenvalue weighted by molar-refractivity contribution is 4.98. The van der Waals surface area contributed by atoms with Gasteiger partial charge in [-0.25, -0.2) is 4.98 Å². The molecule has 90 valence electrons. The Bertz CT molecular complexity index is 358. The van der Waals surface area contributed by atoms with Gasteiger partial charge in [0.05, 0.1) is 6.33 Å². The van der Waals surface area contributed by atoms with E-state index >= 15 is 0 Å². The van der Waals surface area contributed by atoms with E-state index < -0.39 is 5.79 Å². The summed E-state index contributed by atoms with van der Waals surface area (Å²) in [4.78, 5) is 4.06. The third-order valence-electron chi connectivity index (χ3n) is 4.29. The second-order valence-corrected chi connectivity index (χ2v) is 5.18. The first-order chi connectivity index (χ1) is 7.42. The number of methoxy groups -OCH3 is 1. The minimum atomic E-state index is -0.554. The molecular weight excluding hydrogens is 204 g/mol. The molecule has 1 fully saturated rings. The Hall–Kier alpha value is -0.870. The molecule has 1 aromatic heterocycles. The minimum absolute atomic E-state index is 0.0116. The van der Waals surface area contributed by atoms with Gasteiger partial charge in [-0.15, -0.1) is 0 Å². The van der Waals surface area contributed by atoms with Crippen LogP contribution in [0.15, 0.2) is 18.7 Å². The largest absolute Gasteiger partial charge is 0.353 e. The molecule has 1 aromatic rings. The lowest BCUT2D eigenvalue weighted by atomic mass is 9.75. The van der Waals surface area contributed by atoms with Crippen LogP contribution in [-0.2, 0) is 9.47 Å². The summed E-state index contributed by atoms with van der Waals surface area (Å²) in [6, 6.07) is 0. The smallest absolute Gasteiger partial charge is 0.173 e. The highest BCUT2D eigenvalue weighted by Gasteiger charge is 2.57. The van der Waals surface area contributed by atoms with Gasteiger partial charge in [-0.3, -0.25) is 0 Å². The fraction of sp³-hybridized carbons (Fsp3) is 0.750. The summed E-state index contributed by atoms with van der Waals surface area (Å²) in [6.45, 7) is 8.55. The summed E-state index contributed by atoms with van der Waals surface area (Å²) in [5.74, 6) is -0.201. The molecule has 0 bridgehead atoms. The predicted octanol–water partition coefficient (Wildman–Crippen LogP) is 2.44. The van der Waals surface area contributed by atoms with Gasteiger partial charge in [-0.05, 0) is 6.92 Å². The molecule has 0 aliphatic carbocycles. The number of aromatic nitrogens is 2. The molecule has 1 aliphatic rings. The van der Waals surface area contributed by atoms with Crippen LogP contribution in [0.3, 0.4) is 0 Å². The third kappa shape index (κ3) is 1.40. The van der Waals surface area contributed by atoms with E-state index in [9.17, 15) is 0 Å². The van der Waals surface area contributed by atoms with Crippen LogP contribution in [0.25, 0.3) is 0 Å². The van der Waals surface area contributed by atoms with Crippen molar-refractivity contribution >= 4 is 0 Å². The zero-order valence-corrected chi connectivity index (χ0v) is 10.6. The first-order valence-corrected chi connectivity index (χ1v) is 5.63. The van der Waals surface area contributed by atoms with Crippen LogP contribution in [0.5, 0.6) is 0 Å². The van der Waals surface area contributed by atoms with E-state index in [0.717, 1.165) is 0 Å². The lowest BCUT2D eigenvalue weighted by Crippen LogP contribution is -2.42. The van der Waals surface area contributed by atoms with Crippen LogP contribution >= 0.6 is 0 Å². The van der Waals surface area contributed by atoms with Crippen molar-refractivity contribution in [2.24, 2.45) is 11.3 Å². The highest BCUT2D eigenvalue weighted by atomic mass is 16.7. The zero-order valence-electron chi connectivity index (χ0n) is 10.6. The third-order valence-corrected chi connectivity index (χ3v) is 4.29. The molecule has 0 N–H and O–H groups in total. The molecule has 0 aromatic carbocycles. The van der Waals surface area contributed by atoms with E-state index in [4.69, 9.17) is 9.47 Å². The van der Waals surface area contributed by atoms with E-state index in [1.54, 1.807) is 19.6 Å². The number of hydrogen-bond donors (Lipinski definition) is 0. The maximum absolute atomic E-state index is 6.07. The number of imidazole rings is 1. The zero-order chi connectivity index (χ0) is 12.0. The molecule has 16 heavy (non-hydrogen) atoms. The van der Waals surface area contributed by atoms with Crippen molar-refractivity contribution in [3.05, 3.63) is 18.7 Å². The summed E-state index contributed by atoms with van der Waals surface area (Å²) < 4.78 is 13.6. The topological polar surface area (TPSA) is 36.3 Å². The first-order valence-electron chi connectivity index (χ1n) is 5.63. The van der Waals surface area contributed by atoms with Crippen LogP contribution in [0.1, 0.15) is 33.9 Å². The van der Waals surface area contributed by atoms with E-state index in [2.05, 4.69) is 25.8 Å². The SMILES string of the molecule is COC1(C)OC(n2ccnc2)C(C)C1(C)C. The molecule has 0 amide bonds. The maximum atomic E-state index is 6.07. The number of hydrogen-bond acceptors (Lipinski definition) is 3. The monoisotopic (exact) mass is 224 g/mol. The first kappa shape index (κ1) is 11.6. The molecule has 4 nitrogen and oxygen atoms in total. The quantitative estimate of drug-likeness (QED) is 0.774. The van der Waals surface area contributed by atoms with Crippen molar-refractivity contribution < 1.29 is 9.47 Å². The Morgan fingerprint density at radius 2 is 2.06 bits per heavy atom. The summed E-state index contributed by atoms with van der Waals surface area (Å²) in [5, 5.41) is 0. The van der Waals surface area contributed by atoms with Crippen molar-refractivity contribution in [1.29, 1.82) is 0 Å². The van der Waals surface area contributed by atoms with Crippen molar-refractivity contribution in [1.82, 2.24) is 9.55 Å². The minimum Gasteiger partial charge on any atom is -0.353 e. The van der Waals surface area contributed by atoms with Crippen molar-refractivity contribution in [3.8, 4) is 0 Å². The Balaban J connectivity index is 2.34. The van der Waals surface area contributed by atoms with E-state index in [0.29, 0.717) is 5.92 Å². The van der Waals surface area contributed by atoms with Gasteiger partial charge in [-0.2, -0.15) is 0 Å². The molecule has 0 radical (unpaired) electrons. The molecule has 2 rings (SSSR count). The molecule has 0 spiro atoms. The highest BCUT2D eigenvalue weighted by Crippen LogP contribution is 2.54. The van der Waals surface area contributed by atoms with Gasteiger partial charge < -0.3 is 14.0 Å². The van der Waals surface area contributed by atoms with Crippen LogP contribution in [-0.4, -0.2) is 22.4 Å². The van der Waals surface area contributed by atoms with Gasteiger partial charge >= 0.3 is 0 Å². The number of ether oxygens (including phenoxy) is 2. The molecule has 4 heteroatoms. The lowest BCUT2D eigenvalue weighted by molar-refractivity contribution is -0.247. The molecule has 1 saturated heterocycles. The van der Waals surface area contributed by atoms with Gasteiger partial charge in [0, 0.05) is 30.8 Å². The Morgan fingerprint density at radius 1 is 1.38 bits per heavy atom. The predicted molar refractivity (Wildman–Crippen MR) is 60.7 cm³/mol. The molecule has 3 atom stereocenters. The van der Waals surface area contributed by atoms with Gasteiger partial charge in [0.25, 0.3) is 0 Å². The van der Waals surface area contributed by atoms with Gasteiger partial charge in [0.1, 0.15) is 6.23 Å². The molecule has 1 aliphatic heterocycles. The number of rotatable bonds is 2. The van der Waals surface area contributed by atoms with Crippen molar-refractivity contribution in [2.75, 3.05) is 7.11 Å². The van der Waals surface area contributed by atoms with Gasteiger partial charge in [0.2, 0.25) is 0 Å². The normalized spacial score (nSPS) is 37.8. The summed E-state index contributed by atoms with van der Waals surface area (Å²) in [5.41, 5.74) is -0.0450. The molecule has 3 unspecified atom stereocenters. The van der Waals surface area contributed by atoms with E-state index in [-0.39, 0.29) is 11.6 Å². The van der Waals surface area contributed by atoms with Crippen LogP contribution in [0.2, 0.25) is 0 Å². The average Bonchev–Trinajstić information content (AvgIpc) is 2.81. The van der Waals surface area contributed by atoms with E-state index in [1.807, 2.05) is 17.7 Å². The lowest BCUT2D eigenvalue weighted by Gasteiger charge is -2.36. The van der Waals surface area contributed by atoms with Crippen molar-refractivity contribution in [2.45, 2.75) is 39.7 Å². The van der Waals surface area contributed by atoms with Crippen LogP contribution in [0, 0.1) is 11.3 Å². The van der Waals surface area contributed by atoms with Crippen molar-refractivity contribution in [3.63, 3.8) is 0 Å². The maximum Gasteiger partial charge on any atom is 0.173 e.